The molecule has 0 spiro atoms. The molecule has 0 saturated carbocycles. The van der Waals surface area contributed by atoms with Gasteiger partial charge >= 0.3 is 6.09 Å². The van der Waals surface area contributed by atoms with E-state index in [9.17, 15) is 4.79 Å². The summed E-state index contributed by atoms with van der Waals surface area (Å²) in [5.74, 6) is 0. The lowest BCUT2D eigenvalue weighted by Gasteiger charge is -2.34. The van der Waals surface area contributed by atoms with E-state index in [0.717, 1.165) is 24.0 Å². The van der Waals surface area contributed by atoms with Crippen LogP contribution in [0.2, 0.25) is 0 Å². The molecule has 0 bridgehead atoms. The van der Waals surface area contributed by atoms with E-state index in [1.54, 1.807) is 0 Å². The van der Waals surface area contributed by atoms with Crippen LogP contribution < -0.4 is 10.6 Å². The number of nitrogens with one attached hydrogen (secondary N) is 2. The third kappa shape index (κ3) is 6.43. The van der Waals surface area contributed by atoms with E-state index in [-0.39, 0.29) is 16.9 Å². The van der Waals surface area contributed by atoms with E-state index >= 15 is 4.39 Å². The average molecular weight is 483 g/mol. The lowest BCUT2D eigenvalue weighted by Crippen LogP contribution is -2.43. The Labute approximate surface area is 211 Å². The number of benzene rings is 2. The molecule has 2 N–H and O–H groups in total. The minimum atomic E-state index is -1.76. The standard InChI is InChI=1S/C30H43FN2O2/c1-8-9-18-32-27(34)35-25-19-26(33-20-25)30(31,23-14-10-21(11-15-23)28(2,3)4)24-16-12-22(13-17-24)29(5,6)7/h10-17,25-26,33H,8-9,18-20H2,1-7H3,(H,32,34)/t25-,26?/m1/s1. The molecule has 4 nitrogen and oxygen atoms in total. The van der Waals surface area contributed by atoms with Crippen molar-refractivity contribution in [1.82, 2.24) is 10.6 Å². The summed E-state index contributed by atoms with van der Waals surface area (Å²) in [5, 5.41) is 6.11. The summed E-state index contributed by atoms with van der Waals surface area (Å²) >= 11 is 0. The first-order valence-corrected chi connectivity index (χ1v) is 12.9. The van der Waals surface area contributed by atoms with Crippen molar-refractivity contribution in [2.45, 2.75) is 96.4 Å². The summed E-state index contributed by atoms with van der Waals surface area (Å²) in [6.07, 6.45) is 1.50. The van der Waals surface area contributed by atoms with E-state index in [4.69, 9.17) is 4.74 Å². The quantitative estimate of drug-likeness (QED) is 0.429. The molecule has 3 rings (SSSR count). The predicted octanol–water partition coefficient (Wildman–Crippen LogP) is 6.75. The summed E-state index contributed by atoms with van der Waals surface area (Å²) in [7, 11) is 0. The van der Waals surface area contributed by atoms with Crippen molar-refractivity contribution in [3.8, 4) is 0 Å². The highest BCUT2D eigenvalue weighted by Gasteiger charge is 2.47. The number of hydrogen-bond donors (Lipinski definition) is 2. The predicted molar refractivity (Wildman–Crippen MR) is 142 cm³/mol. The van der Waals surface area contributed by atoms with Gasteiger partial charge in [0.2, 0.25) is 0 Å². The molecule has 5 heteroatoms. The van der Waals surface area contributed by atoms with Gasteiger partial charge in [0.05, 0.1) is 6.04 Å². The second kappa shape index (κ2) is 10.7. The van der Waals surface area contributed by atoms with Gasteiger partial charge in [0.1, 0.15) is 6.10 Å². The first kappa shape index (κ1) is 27.2. The van der Waals surface area contributed by atoms with Crippen molar-refractivity contribution in [2.24, 2.45) is 0 Å². The van der Waals surface area contributed by atoms with E-state index in [1.807, 2.05) is 48.5 Å². The van der Waals surface area contributed by atoms with E-state index < -0.39 is 17.8 Å². The summed E-state index contributed by atoms with van der Waals surface area (Å²) < 4.78 is 23.0. The van der Waals surface area contributed by atoms with Crippen LogP contribution in [0.4, 0.5) is 9.18 Å². The van der Waals surface area contributed by atoms with Crippen LogP contribution in [0.5, 0.6) is 0 Å². The molecule has 0 radical (unpaired) electrons. The van der Waals surface area contributed by atoms with Gasteiger partial charge in [0, 0.05) is 19.5 Å². The maximum absolute atomic E-state index is 17.4. The van der Waals surface area contributed by atoms with Crippen LogP contribution in [0.25, 0.3) is 0 Å². The van der Waals surface area contributed by atoms with Gasteiger partial charge in [-0.25, -0.2) is 9.18 Å². The number of carbonyl (C=O) groups excluding carboxylic acids is 1. The molecular weight excluding hydrogens is 439 g/mol. The van der Waals surface area contributed by atoms with Gasteiger partial charge in [-0.3, -0.25) is 0 Å². The smallest absolute Gasteiger partial charge is 0.407 e. The Morgan fingerprint density at radius 3 is 1.80 bits per heavy atom. The van der Waals surface area contributed by atoms with Crippen molar-refractivity contribution in [2.75, 3.05) is 13.1 Å². The highest BCUT2D eigenvalue weighted by molar-refractivity contribution is 5.67. The van der Waals surface area contributed by atoms with Crippen LogP contribution in [0.1, 0.15) is 90.0 Å². The Bertz CT molecular complexity index is 914. The molecule has 1 saturated heterocycles. The minimum absolute atomic E-state index is 0.0124. The first-order valence-electron chi connectivity index (χ1n) is 12.9. The minimum Gasteiger partial charge on any atom is -0.445 e. The van der Waals surface area contributed by atoms with E-state index in [0.29, 0.717) is 30.6 Å². The molecular formula is C30H43FN2O2. The molecule has 35 heavy (non-hydrogen) atoms. The van der Waals surface area contributed by atoms with Crippen LogP contribution >= 0.6 is 0 Å². The van der Waals surface area contributed by atoms with Gasteiger partial charge in [-0.15, -0.1) is 0 Å². The Kier molecular flexibility index (Phi) is 8.31. The van der Waals surface area contributed by atoms with Crippen LogP contribution in [-0.4, -0.2) is 31.3 Å². The molecule has 0 aromatic heterocycles. The largest absolute Gasteiger partial charge is 0.445 e. The monoisotopic (exact) mass is 482 g/mol. The Balaban J connectivity index is 1.90. The number of ether oxygens (including phenoxy) is 1. The normalized spacial score (nSPS) is 19.0. The van der Waals surface area contributed by atoms with Gasteiger partial charge in [0.25, 0.3) is 0 Å². The molecule has 1 heterocycles. The van der Waals surface area contributed by atoms with Crippen molar-refractivity contribution in [3.05, 3.63) is 70.8 Å². The number of carbonyl (C=O) groups is 1. The highest BCUT2D eigenvalue weighted by Crippen LogP contribution is 2.42. The number of rotatable bonds is 7. The molecule has 2 aromatic rings. The van der Waals surface area contributed by atoms with Crippen LogP contribution in [0.15, 0.2) is 48.5 Å². The van der Waals surface area contributed by atoms with Crippen LogP contribution in [0.3, 0.4) is 0 Å². The average Bonchev–Trinajstić information content (AvgIpc) is 3.26. The third-order valence-corrected chi connectivity index (χ3v) is 6.99. The topological polar surface area (TPSA) is 50.4 Å². The van der Waals surface area contributed by atoms with Gasteiger partial charge in [-0.2, -0.15) is 0 Å². The third-order valence-electron chi connectivity index (χ3n) is 6.99. The van der Waals surface area contributed by atoms with E-state index in [1.165, 1.54) is 0 Å². The van der Waals surface area contributed by atoms with Crippen molar-refractivity contribution in [3.63, 3.8) is 0 Å². The molecule has 192 valence electrons. The van der Waals surface area contributed by atoms with Crippen LogP contribution in [0, 0.1) is 0 Å². The molecule has 1 fully saturated rings. The molecule has 2 aromatic carbocycles. The van der Waals surface area contributed by atoms with E-state index in [2.05, 4.69) is 59.1 Å². The summed E-state index contributed by atoms with van der Waals surface area (Å²) in [6.45, 7) is 16.0. The van der Waals surface area contributed by atoms with Crippen molar-refractivity contribution >= 4 is 6.09 Å². The summed E-state index contributed by atoms with van der Waals surface area (Å²) in [5.41, 5.74) is 1.76. The fourth-order valence-electron chi connectivity index (χ4n) is 4.65. The maximum Gasteiger partial charge on any atom is 0.407 e. The lowest BCUT2D eigenvalue weighted by atomic mass is 9.78. The number of unbranched alkanes of at least 4 members (excludes halogenated alkanes) is 1. The zero-order chi connectivity index (χ0) is 25.9. The van der Waals surface area contributed by atoms with Crippen molar-refractivity contribution < 1.29 is 13.9 Å². The van der Waals surface area contributed by atoms with Crippen LogP contribution in [-0.2, 0) is 21.2 Å². The fourth-order valence-corrected chi connectivity index (χ4v) is 4.65. The second-order valence-corrected chi connectivity index (χ2v) is 11.9. The van der Waals surface area contributed by atoms with Gasteiger partial charge < -0.3 is 15.4 Å². The Hall–Kier alpha value is -2.40. The first-order chi connectivity index (χ1) is 16.4. The van der Waals surface area contributed by atoms with Crippen molar-refractivity contribution in [1.29, 1.82) is 0 Å². The highest BCUT2D eigenvalue weighted by atomic mass is 19.1. The lowest BCUT2D eigenvalue weighted by molar-refractivity contribution is 0.0978. The van der Waals surface area contributed by atoms with Gasteiger partial charge in [-0.05, 0) is 39.5 Å². The fraction of sp³-hybridized carbons (Fsp3) is 0.567. The molecule has 1 aliphatic heterocycles. The Morgan fingerprint density at radius 1 is 0.914 bits per heavy atom. The number of alkyl carbamates (subject to hydrolysis) is 1. The molecule has 1 unspecified atom stereocenters. The number of alkyl halides is 1. The number of amides is 1. The summed E-state index contributed by atoms with van der Waals surface area (Å²) in [4.78, 5) is 12.2. The summed E-state index contributed by atoms with van der Waals surface area (Å²) in [6, 6.07) is 15.2. The number of halogens is 1. The zero-order valence-corrected chi connectivity index (χ0v) is 22.5. The molecule has 0 aliphatic carbocycles. The molecule has 1 aliphatic rings. The van der Waals surface area contributed by atoms with Gasteiger partial charge in [-0.1, -0.05) is 103 Å². The van der Waals surface area contributed by atoms with Gasteiger partial charge in [0.15, 0.2) is 5.67 Å². The second-order valence-electron chi connectivity index (χ2n) is 11.9. The maximum atomic E-state index is 17.4. The Morgan fingerprint density at radius 2 is 1.37 bits per heavy atom. The zero-order valence-electron chi connectivity index (χ0n) is 22.5. The SMILES string of the molecule is CCCCNC(=O)O[C@H]1CNC(C(F)(c2ccc(C(C)(C)C)cc2)c2ccc(C(C)(C)C)cc2)C1. The number of hydrogen-bond acceptors (Lipinski definition) is 3. The molecule has 2 atom stereocenters. The molecule has 1 amide bonds.